The Morgan fingerprint density at radius 2 is 2.08 bits per heavy atom. The number of hydrogen-bond acceptors (Lipinski definition) is 7. The number of carbonyl (C=O) groups is 1. The van der Waals surface area contributed by atoms with Crippen LogP contribution in [0.15, 0.2) is 40.5 Å². The van der Waals surface area contributed by atoms with E-state index in [1.807, 2.05) is 36.6 Å². The SMILES string of the molecule is CSc1nc(SCC(=O)c2ccccc2)c2c3c(sc2n1)CN(C)CC3. The molecule has 2 aromatic heterocycles. The van der Waals surface area contributed by atoms with Crippen molar-refractivity contribution in [1.82, 2.24) is 14.9 Å². The van der Waals surface area contributed by atoms with E-state index in [0.29, 0.717) is 5.75 Å². The third-order valence-electron chi connectivity index (χ3n) is 4.46. The van der Waals surface area contributed by atoms with Crippen LogP contribution in [-0.2, 0) is 13.0 Å². The molecule has 0 fully saturated rings. The molecule has 3 heterocycles. The van der Waals surface area contributed by atoms with Gasteiger partial charge in [-0.3, -0.25) is 4.79 Å². The van der Waals surface area contributed by atoms with Crippen molar-refractivity contribution in [1.29, 1.82) is 0 Å². The first-order valence-electron chi connectivity index (χ1n) is 8.41. The summed E-state index contributed by atoms with van der Waals surface area (Å²) in [4.78, 5) is 26.7. The predicted octanol–water partition coefficient (Wildman–Crippen LogP) is 4.38. The zero-order chi connectivity index (χ0) is 18.1. The maximum absolute atomic E-state index is 12.5. The monoisotopic (exact) mass is 401 g/mol. The zero-order valence-electron chi connectivity index (χ0n) is 14.7. The molecule has 7 heteroatoms. The van der Waals surface area contributed by atoms with Crippen LogP contribution >= 0.6 is 34.9 Å². The minimum absolute atomic E-state index is 0.136. The van der Waals surface area contributed by atoms with Crippen molar-refractivity contribution in [3.05, 3.63) is 46.3 Å². The van der Waals surface area contributed by atoms with Gasteiger partial charge >= 0.3 is 0 Å². The predicted molar refractivity (Wildman–Crippen MR) is 111 cm³/mol. The zero-order valence-corrected chi connectivity index (χ0v) is 17.1. The van der Waals surface area contributed by atoms with E-state index >= 15 is 0 Å². The van der Waals surface area contributed by atoms with Crippen LogP contribution in [0.2, 0.25) is 0 Å². The number of thiophene rings is 1. The Kier molecular flexibility index (Phi) is 5.31. The summed E-state index contributed by atoms with van der Waals surface area (Å²) < 4.78 is 0. The molecule has 1 aliphatic heterocycles. The molecule has 134 valence electrons. The van der Waals surface area contributed by atoms with Gasteiger partial charge in [0.25, 0.3) is 0 Å². The van der Waals surface area contributed by atoms with Crippen LogP contribution in [0.4, 0.5) is 0 Å². The first-order chi connectivity index (χ1) is 12.7. The van der Waals surface area contributed by atoms with Gasteiger partial charge in [-0.2, -0.15) is 0 Å². The number of fused-ring (bicyclic) bond motifs is 3. The smallest absolute Gasteiger partial charge is 0.189 e. The second kappa shape index (κ2) is 7.68. The van der Waals surface area contributed by atoms with Crippen LogP contribution in [0.5, 0.6) is 0 Å². The Labute approximate surface area is 165 Å². The van der Waals surface area contributed by atoms with Gasteiger partial charge in [0.05, 0.1) is 5.75 Å². The highest BCUT2D eigenvalue weighted by Crippen LogP contribution is 2.39. The molecule has 0 spiro atoms. The molecule has 3 aromatic rings. The third-order valence-corrected chi connectivity index (χ3v) is 7.09. The minimum atomic E-state index is 0.136. The van der Waals surface area contributed by atoms with Crippen LogP contribution in [0.1, 0.15) is 20.8 Å². The molecule has 4 rings (SSSR count). The van der Waals surface area contributed by atoms with Gasteiger partial charge in [-0.1, -0.05) is 53.9 Å². The summed E-state index contributed by atoms with van der Waals surface area (Å²) >= 11 is 4.86. The number of likely N-dealkylation sites (N-methyl/N-ethyl adjacent to an activating group) is 1. The molecule has 0 saturated heterocycles. The van der Waals surface area contributed by atoms with Gasteiger partial charge in [0.15, 0.2) is 10.9 Å². The number of rotatable bonds is 5. The van der Waals surface area contributed by atoms with Gasteiger partial charge < -0.3 is 4.90 Å². The highest BCUT2D eigenvalue weighted by molar-refractivity contribution is 8.00. The summed E-state index contributed by atoms with van der Waals surface area (Å²) in [5.74, 6) is 0.533. The lowest BCUT2D eigenvalue weighted by Crippen LogP contribution is -2.25. The van der Waals surface area contributed by atoms with E-state index < -0.39 is 0 Å². The largest absolute Gasteiger partial charge is 0.301 e. The number of hydrogen-bond donors (Lipinski definition) is 0. The van der Waals surface area contributed by atoms with Crippen LogP contribution in [-0.4, -0.2) is 46.3 Å². The van der Waals surface area contributed by atoms with Crippen molar-refractivity contribution in [2.45, 2.75) is 23.1 Å². The third kappa shape index (κ3) is 3.53. The summed E-state index contributed by atoms with van der Waals surface area (Å²) in [7, 11) is 2.15. The number of Topliss-reactive ketones (excluding diaryl/α,β-unsaturated/α-hetero) is 1. The summed E-state index contributed by atoms with van der Waals surface area (Å²) in [6.07, 6.45) is 3.01. The van der Waals surface area contributed by atoms with E-state index in [4.69, 9.17) is 9.97 Å². The number of ketones is 1. The molecule has 1 aliphatic rings. The van der Waals surface area contributed by atoms with Crippen molar-refractivity contribution in [3.8, 4) is 0 Å². The van der Waals surface area contributed by atoms with Crippen molar-refractivity contribution in [2.75, 3.05) is 25.6 Å². The Hall–Kier alpha value is -1.41. The molecule has 1 aromatic carbocycles. The number of carbonyl (C=O) groups excluding carboxylic acids is 1. The van der Waals surface area contributed by atoms with Gasteiger partial charge in [-0.25, -0.2) is 9.97 Å². The van der Waals surface area contributed by atoms with E-state index in [0.717, 1.165) is 40.1 Å². The molecule has 26 heavy (non-hydrogen) atoms. The van der Waals surface area contributed by atoms with Gasteiger partial charge in [0, 0.05) is 28.9 Å². The van der Waals surface area contributed by atoms with Crippen molar-refractivity contribution in [2.24, 2.45) is 0 Å². The molecular weight excluding hydrogens is 382 g/mol. The molecular formula is C19H19N3OS3. The topological polar surface area (TPSA) is 46.1 Å². The lowest BCUT2D eigenvalue weighted by Gasteiger charge is -2.22. The number of thioether (sulfide) groups is 2. The van der Waals surface area contributed by atoms with Gasteiger partial charge in [0.2, 0.25) is 0 Å². The summed E-state index contributed by atoms with van der Waals surface area (Å²) in [5, 5.41) is 2.89. The van der Waals surface area contributed by atoms with E-state index in [9.17, 15) is 4.79 Å². The molecule has 0 unspecified atom stereocenters. The Morgan fingerprint density at radius 3 is 2.85 bits per heavy atom. The normalized spacial score (nSPS) is 14.5. The van der Waals surface area contributed by atoms with Crippen molar-refractivity contribution >= 4 is 50.9 Å². The quantitative estimate of drug-likeness (QED) is 0.274. The Bertz CT molecular complexity index is 956. The van der Waals surface area contributed by atoms with Crippen LogP contribution < -0.4 is 0 Å². The standard InChI is InChI=1S/C19H19N3OS3/c1-22-9-8-13-15(10-22)26-18-16(13)17(20-19(21-18)24-2)25-11-14(23)12-6-4-3-5-7-12/h3-7H,8-11H2,1-2H3. The van der Waals surface area contributed by atoms with Crippen molar-refractivity contribution in [3.63, 3.8) is 0 Å². The first-order valence-corrected chi connectivity index (χ1v) is 11.4. The second-order valence-corrected chi connectivity index (χ2v) is 9.09. The molecule has 0 radical (unpaired) electrons. The fourth-order valence-corrected chi connectivity index (χ4v) is 5.90. The lowest BCUT2D eigenvalue weighted by molar-refractivity contribution is 0.102. The molecule has 0 N–H and O–H groups in total. The van der Waals surface area contributed by atoms with Gasteiger partial charge in [0.1, 0.15) is 9.86 Å². The van der Waals surface area contributed by atoms with Crippen molar-refractivity contribution < 1.29 is 4.79 Å². The summed E-state index contributed by atoms with van der Waals surface area (Å²) in [6, 6.07) is 9.47. The Morgan fingerprint density at radius 1 is 1.27 bits per heavy atom. The fourth-order valence-electron chi connectivity index (χ4n) is 3.11. The molecule has 0 amide bonds. The highest BCUT2D eigenvalue weighted by Gasteiger charge is 2.23. The fraction of sp³-hybridized carbons (Fsp3) is 0.316. The number of nitrogens with zero attached hydrogens (tertiary/aromatic N) is 3. The molecule has 0 aliphatic carbocycles. The lowest BCUT2D eigenvalue weighted by atomic mass is 10.1. The van der Waals surface area contributed by atoms with E-state index in [1.165, 1.54) is 27.6 Å². The van der Waals surface area contributed by atoms with E-state index in [1.54, 1.807) is 23.1 Å². The average molecular weight is 402 g/mol. The van der Waals surface area contributed by atoms with Gasteiger partial charge in [-0.05, 0) is 25.3 Å². The Balaban J connectivity index is 1.68. The summed E-state index contributed by atoms with van der Waals surface area (Å²) in [6.45, 7) is 2.02. The second-order valence-electron chi connectivity index (χ2n) is 6.27. The average Bonchev–Trinajstić information content (AvgIpc) is 3.03. The van der Waals surface area contributed by atoms with E-state index in [-0.39, 0.29) is 5.78 Å². The maximum Gasteiger partial charge on any atom is 0.189 e. The first kappa shape index (κ1) is 18.0. The van der Waals surface area contributed by atoms with Crippen LogP contribution in [0.25, 0.3) is 10.2 Å². The molecule has 0 saturated carbocycles. The minimum Gasteiger partial charge on any atom is -0.301 e. The molecule has 0 bridgehead atoms. The number of benzene rings is 1. The number of aromatic nitrogens is 2. The molecule has 4 nitrogen and oxygen atoms in total. The molecule has 0 atom stereocenters. The highest BCUT2D eigenvalue weighted by atomic mass is 32.2. The maximum atomic E-state index is 12.5. The van der Waals surface area contributed by atoms with E-state index in [2.05, 4.69) is 11.9 Å². The van der Waals surface area contributed by atoms with Gasteiger partial charge in [-0.15, -0.1) is 11.3 Å². The van der Waals surface area contributed by atoms with Crippen LogP contribution in [0.3, 0.4) is 0 Å². The summed E-state index contributed by atoms with van der Waals surface area (Å²) in [5.41, 5.74) is 2.13. The van der Waals surface area contributed by atoms with Crippen LogP contribution in [0, 0.1) is 0 Å².